The fraction of sp³-hybridized carbons (Fsp3) is 0.368. The highest BCUT2D eigenvalue weighted by atomic mass is 32.2. The summed E-state index contributed by atoms with van der Waals surface area (Å²) in [4.78, 5) is 16.8. The van der Waals surface area contributed by atoms with Crippen molar-refractivity contribution in [1.82, 2.24) is 13.7 Å². The van der Waals surface area contributed by atoms with E-state index in [4.69, 9.17) is 4.74 Å². The van der Waals surface area contributed by atoms with Crippen molar-refractivity contribution in [3.05, 3.63) is 53.3 Å². The molecule has 1 saturated heterocycles. The van der Waals surface area contributed by atoms with Crippen LogP contribution < -0.4 is 0 Å². The van der Waals surface area contributed by atoms with Gasteiger partial charge in [-0.3, -0.25) is 4.79 Å². The number of rotatable bonds is 5. The van der Waals surface area contributed by atoms with Crippen molar-refractivity contribution < 1.29 is 17.9 Å². The lowest BCUT2D eigenvalue weighted by Gasteiger charge is -2.29. The molecule has 0 radical (unpaired) electrons. The molecule has 1 aliphatic heterocycles. The van der Waals surface area contributed by atoms with Crippen molar-refractivity contribution in [3.8, 4) is 0 Å². The topological polar surface area (TPSA) is 81.0 Å². The van der Waals surface area contributed by atoms with Crippen molar-refractivity contribution in [3.63, 3.8) is 0 Å². The van der Waals surface area contributed by atoms with Crippen molar-refractivity contribution >= 4 is 33.0 Å². The number of carbonyl (C=O) groups excluding carboxylic acids is 1. The van der Waals surface area contributed by atoms with E-state index in [1.54, 1.807) is 17.5 Å². The van der Waals surface area contributed by atoms with Crippen LogP contribution in [-0.2, 0) is 26.2 Å². The number of carbonyl (C=O) groups is 1. The number of piperidine rings is 1. The minimum atomic E-state index is -3.45. The van der Waals surface area contributed by atoms with Crippen LogP contribution in [0.25, 0.3) is 5.65 Å². The number of hydrogen-bond donors (Lipinski definition) is 0. The molecule has 148 valence electrons. The molecule has 0 bridgehead atoms. The number of nitrogens with zero attached hydrogens (tertiary/aromatic N) is 3. The molecule has 3 aromatic rings. The Morgan fingerprint density at radius 2 is 2.04 bits per heavy atom. The number of hydrogen-bond acceptors (Lipinski definition) is 6. The average Bonchev–Trinajstić information content (AvgIpc) is 3.36. The first-order valence-electron chi connectivity index (χ1n) is 9.08. The highest BCUT2D eigenvalue weighted by Crippen LogP contribution is 2.27. The van der Waals surface area contributed by atoms with Gasteiger partial charge < -0.3 is 9.14 Å². The van der Waals surface area contributed by atoms with E-state index in [-0.39, 0.29) is 18.5 Å². The number of pyridine rings is 1. The maximum absolute atomic E-state index is 12.6. The van der Waals surface area contributed by atoms with Crippen LogP contribution in [0.15, 0.2) is 46.2 Å². The Balaban J connectivity index is 1.32. The van der Waals surface area contributed by atoms with Gasteiger partial charge in [0.15, 0.2) is 0 Å². The molecule has 9 heteroatoms. The first-order chi connectivity index (χ1) is 13.4. The summed E-state index contributed by atoms with van der Waals surface area (Å²) in [5, 5.41) is 1.75. The molecule has 4 rings (SSSR count). The van der Waals surface area contributed by atoms with Gasteiger partial charge in [-0.05, 0) is 42.8 Å². The first kappa shape index (κ1) is 19.1. The molecule has 0 amide bonds. The van der Waals surface area contributed by atoms with Crippen molar-refractivity contribution in [2.75, 3.05) is 13.1 Å². The number of esters is 1. The molecule has 0 N–H and O–H groups in total. The third-order valence-electron chi connectivity index (χ3n) is 4.89. The minimum Gasteiger partial charge on any atom is -0.459 e. The third-order valence-corrected chi connectivity index (χ3v) is 8.16. The Kier molecular flexibility index (Phi) is 5.22. The van der Waals surface area contributed by atoms with E-state index in [1.807, 2.05) is 35.9 Å². The molecule has 0 aromatic carbocycles. The second-order valence-electron chi connectivity index (χ2n) is 6.92. The van der Waals surface area contributed by atoms with Crippen LogP contribution in [0.4, 0.5) is 0 Å². The number of fused-ring (bicyclic) bond motifs is 1. The Morgan fingerprint density at radius 1 is 1.25 bits per heavy atom. The van der Waals surface area contributed by atoms with Gasteiger partial charge in [-0.15, -0.1) is 11.3 Å². The summed E-state index contributed by atoms with van der Waals surface area (Å²) in [7, 11) is -3.45. The van der Waals surface area contributed by atoms with E-state index < -0.39 is 10.0 Å². The van der Waals surface area contributed by atoms with Gasteiger partial charge in [0.1, 0.15) is 16.5 Å². The van der Waals surface area contributed by atoms with Crippen molar-refractivity contribution in [1.29, 1.82) is 0 Å². The normalized spacial score (nSPS) is 16.5. The lowest BCUT2D eigenvalue weighted by Crippen LogP contribution is -2.40. The Labute approximate surface area is 167 Å². The first-order valence-corrected chi connectivity index (χ1v) is 11.4. The van der Waals surface area contributed by atoms with E-state index >= 15 is 0 Å². The summed E-state index contributed by atoms with van der Waals surface area (Å²) in [5.74, 6) is -0.574. The number of aryl methyl sites for hydroxylation is 1. The lowest BCUT2D eigenvalue weighted by atomic mass is 9.98. The largest absolute Gasteiger partial charge is 0.459 e. The summed E-state index contributed by atoms with van der Waals surface area (Å²) in [6.07, 6.45) is 4.75. The van der Waals surface area contributed by atoms with Crippen LogP contribution in [0.5, 0.6) is 0 Å². The minimum absolute atomic E-state index is 0.118. The fourth-order valence-corrected chi connectivity index (χ4v) is 5.97. The maximum Gasteiger partial charge on any atom is 0.309 e. The van der Waals surface area contributed by atoms with Gasteiger partial charge >= 0.3 is 5.97 Å². The van der Waals surface area contributed by atoms with Crippen LogP contribution in [0, 0.1) is 12.8 Å². The quantitative estimate of drug-likeness (QED) is 0.594. The number of aromatic nitrogens is 2. The molecule has 1 fully saturated rings. The van der Waals surface area contributed by atoms with E-state index in [2.05, 4.69) is 4.98 Å². The molecular formula is C19H21N3O4S2. The molecule has 7 nitrogen and oxygen atoms in total. The second kappa shape index (κ2) is 7.65. The van der Waals surface area contributed by atoms with E-state index in [0.29, 0.717) is 35.8 Å². The monoisotopic (exact) mass is 419 g/mol. The highest BCUT2D eigenvalue weighted by Gasteiger charge is 2.33. The summed E-state index contributed by atoms with van der Waals surface area (Å²) >= 11 is 1.21. The van der Waals surface area contributed by atoms with Gasteiger partial charge in [0.25, 0.3) is 10.0 Å². The predicted octanol–water partition coefficient (Wildman–Crippen LogP) is 2.85. The van der Waals surface area contributed by atoms with E-state index in [0.717, 1.165) is 11.2 Å². The molecular weight excluding hydrogens is 398 g/mol. The molecule has 0 atom stereocenters. The van der Waals surface area contributed by atoms with Crippen LogP contribution in [-0.4, -0.2) is 41.2 Å². The lowest BCUT2D eigenvalue weighted by molar-refractivity contribution is -0.151. The van der Waals surface area contributed by atoms with E-state index in [9.17, 15) is 13.2 Å². The molecule has 1 aliphatic rings. The Hall–Kier alpha value is -2.23. The second-order valence-corrected chi connectivity index (χ2v) is 10.0. The van der Waals surface area contributed by atoms with Crippen LogP contribution in [0.3, 0.4) is 0 Å². The molecule has 3 aromatic heterocycles. The zero-order valence-electron chi connectivity index (χ0n) is 15.4. The average molecular weight is 420 g/mol. The van der Waals surface area contributed by atoms with Crippen LogP contribution in [0.2, 0.25) is 0 Å². The van der Waals surface area contributed by atoms with Gasteiger partial charge in [-0.25, -0.2) is 13.4 Å². The summed E-state index contributed by atoms with van der Waals surface area (Å²) in [6.45, 7) is 2.78. The SMILES string of the molecule is Cc1ccc2nc(COC(=O)C3CCN(S(=O)(=O)c4cccs4)CC3)cn2c1. The van der Waals surface area contributed by atoms with Gasteiger partial charge in [-0.2, -0.15) is 4.31 Å². The van der Waals surface area contributed by atoms with Gasteiger partial charge in [0, 0.05) is 25.5 Å². The molecule has 0 aliphatic carbocycles. The highest BCUT2D eigenvalue weighted by molar-refractivity contribution is 7.91. The summed E-state index contributed by atoms with van der Waals surface area (Å²) in [5.41, 5.74) is 2.62. The maximum atomic E-state index is 12.6. The van der Waals surface area contributed by atoms with Crippen molar-refractivity contribution in [2.45, 2.75) is 30.6 Å². The Bertz CT molecular complexity index is 1080. The predicted molar refractivity (Wildman–Crippen MR) is 106 cm³/mol. The molecule has 0 spiro atoms. The molecule has 28 heavy (non-hydrogen) atoms. The number of thiophene rings is 1. The number of imidazole rings is 1. The summed E-state index contributed by atoms with van der Waals surface area (Å²) in [6, 6.07) is 7.24. The molecule has 0 saturated carbocycles. The van der Waals surface area contributed by atoms with Crippen LogP contribution in [0.1, 0.15) is 24.1 Å². The standard InChI is InChI=1S/C19H21N3O4S2/c1-14-4-5-17-20-16(12-21(17)11-14)13-26-19(23)15-6-8-22(9-7-15)28(24,25)18-3-2-10-27-18/h2-5,10-12,15H,6-9,13H2,1H3. The van der Waals surface area contributed by atoms with Crippen molar-refractivity contribution in [2.24, 2.45) is 5.92 Å². The molecule has 0 unspecified atom stereocenters. The number of sulfonamides is 1. The summed E-state index contributed by atoms with van der Waals surface area (Å²) < 4.78 is 34.3. The van der Waals surface area contributed by atoms with Gasteiger partial charge in [0.2, 0.25) is 0 Å². The number of ether oxygens (including phenoxy) is 1. The smallest absolute Gasteiger partial charge is 0.309 e. The third kappa shape index (κ3) is 3.82. The zero-order valence-corrected chi connectivity index (χ0v) is 17.1. The van der Waals surface area contributed by atoms with Gasteiger partial charge in [-0.1, -0.05) is 12.1 Å². The molecule has 4 heterocycles. The van der Waals surface area contributed by atoms with E-state index in [1.165, 1.54) is 15.6 Å². The zero-order chi connectivity index (χ0) is 19.7. The fourth-order valence-electron chi connectivity index (χ4n) is 3.36. The van der Waals surface area contributed by atoms with Gasteiger partial charge in [0.05, 0.1) is 11.6 Å². The Morgan fingerprint density at radius 3 is 2.75 bits per heavy atom. The van der Waals surface area contributed by atoms with Crippen LogP contribution >= 0.6 is 11.3 Å².